The lowest BCUT2D eigenvalue weighted by Gasteiger charge is -2.27. The van der Waals surface area contributed by atoms with Gasteiger partial charge in [-0.3, -0.25) is 14.0 Å². The quantitative estimate of drug-likeness (QED) is 0.296. The summed E-state index contributed by atoms with van der Waals surface area (Å²) in [6.45, 7) is 8.40. The number of fused-ring (bicyclic) bond motifs is 4. The Morgan fingerprint density at radius 2 is 1.88 bits per heavy atom. The summed E-state index contributed by atoms with van der Waals surface area (Å²) >= 11 is 1.72. The van der Waals surface area contributed by atoms with Crippen LogP contribution in [-0.4, -0.2) is 54.7 Å². The number of morpholine rings is 1. The Morgan fingerprint density at radius 3 is 2.68 bits per heavy atom. The zero-order chi connectivity index (χ0) is 28.3. The Balaban J connectivity index is 0.00000148. The van der Waals surface area contributed by atoms with Crippen LogP contribution in [0.25, 0.3) is 36.9 Å². The second kappa shape index (κ2) is 12.0. The maximum atomic E-state index is 13.1. The molecule has 2 saturated heterocycles. The van der Waals surface area contributed by atoms with Crippen LogP contribution in [0.3, 0.4) is 0 Å². The predicted molar refractivity (Wildman–Crippen MR) is 168 cm³/mol. The molecular formula is C32H35N5O3S. The summed E-state index contributed by atoms with van der Waals surface area (Å²) in [5, 5.41) is 8.68. The van der Waals surface area contributed by atoms with Gasteiger partial charge in [0.2, 0.25) is 5.91 Å². The molecule has 5 heterocycles. The molecule has 41 heavy (non-hydrogen) atoms. The lowest BCUT2D eigenvalue weighted by atomic mass is 9.98. The van der Waals surface area contributed by atoms with E-state index >= 15 is 0 Å². The van der Waals surface area contributed by atoms with Gasteiger partial charge in [-0.2, -0.15) is 0 Å². The van der Waals surface area contributed by atoms with E-state index in [-0.39, 0.29) is 17.4 Å². The first-order valence-electron chi connectivity index (χ1n) is 14.5. The number of hydrogen-bond acceptors (Lipinski definition) is 7. The molecule has 8 nitrogen and oxygen atoms in total. The number of nitrogens with zero attached hydrogens (tertiary/aromatic N) is 3. The van der Waals surface area contributed by atoms with Crippen molar-refractivity contribution in [2.24, 2.45) is 5.92 Å². The van der Waals surface area contributed by atoms with Gasteiger partial charge in [0.1, 0.15) is 11.5 Å². The number of thiophene rings is 1. The van der Waals surface area contributed by atoms with Crippen LogP contribution in [0.15, 0.2) is 65.6 Å². The number of nitrogens with one attached hydrogen (secondary N) is 2. The maximum Gasteiger partial charge on any atom is 0.259 e. The maximum absolute atomic E-state index is 13.1. The summed E-state index contributed by atoms with van der Waals surface area (Å²) in [6, 6.07) is 18.0. The van der Waals surface area contributed by atoms with Crippen molar-refractivity contribution < 1.29 is 9.53 Å². The number of hydrogen-bond donors (Lipinski definition) is 2. The monoisotopic (exact) mass is 569 g/mol. The first-order valence-corrected chi connectivity index (χ1v) is 15.3. The van der Waals surface area contributed by atoms with Crippen molar-refractivity contribution in [2.45, 2.75) is 26.7 Å². The third kappa shape index (κ3) is 5.32. The van der Waals surface area contributed by atoms with Crippen LogP contribution in [0.4, 0.5) is 11.5 Å². The molecule has 2 aliphatic heterocycles. The van der Waals surface area contributed by atoms with E-state index in [1.54, 1.807) is 28.0 Å². The fraction of sp³-hybridized carbons (Fsp3) is 0.344. The van der Waals surface area contributed by atoms with Crippen molar-refractivity contribution in [2.75, 3.05) is 49.6 Å². The van der Waals surface area contributed by atoms with Gasteiger partial charge in [0.05, 0.1) is 19.1 Å². The second-order valence-corrected chi connectivity index (χ2v) is 11.2. The highest BCUT2D eigenvalue weighted by Crippen LogP contribution is 2.41. The van der Waals surface area contributed by atoms with E-state index in [0.717, 1.165) is 62.9 Å². The molecule has 0 unspecified atom stereocenters. The van der Waals surface area contributed by atoms with Gasteiger partial charge < -0.3 is 20.3 Å². The van der Waals surface area contributed by atoms with E-state index in [0.29, 0.717) is 37.8 Å². The zero-order valence-corrected chi connectivity index (χ0v) is 24.3. The average molecular weight is 570 g/mol. The summed E-state index contributed by atoms with van der Waals surface area (Å²) in [6.07, 6.45) is 3.72. The first-order chi connectivity index (χ1) is 20.2. The molecule has 9 heteroatoms. The molecule has 2 aromatic carbocycles. The van der Waals surface area contributed by atoms with Gasteiger partial charge in [-0.05, 0) is 49.7 Å². The van der Waals surface area contributed by atoms with Crippen molar-refractivity contribution in [1.82, 2.24) is 14.7 Å². The molecule has 7 rings (SSSR count). The average Bonchev–Trinajstić information content (AvgIpc) is 3.41. The molecule has 0 bridgehead atoms. The second-order valence-electron chi connectivity index (χ2n) is 10.2. The summed E-state index contributed by atoms with van der Waals surface area (Å²) < 4.78 is 9.39. The Hall–Kier alpha value is -3.79. The molecule has 2 N–H and O–H groups in total. The van der Waals surface area contributed by atoms with Gasteiger partial charge in [-0.1, -0.05) is 32.0 Å². The zero-order valence-electron chi connectivity index (χ0n) is 23.5. The number of piperidine rings is 1. The standard InChI is InChI=1S/C30H29N5O3S.C2H6/c36-27-17-26(34-12-14-38-15-13-34)33-29-23(7-3-11-35(27)29)21-5-1-6-22-24-16-20(8-9-25(24)39-28(21)22)32-30(37)19-4-2-10-31-18-19;1-2/h1,3,5-9,11,16-17,19,31H,2,4,10,12-15,18H2,(H,32,37);1-2H3/t19-;/m1./s1. The van der Waals surface area contributed by atoms with E-state index in [2.05, 4.69) is 45.9 Å². The largest absolute Gasteiger partial charge is 0.378 e. The number of ether oxygens (including phenoxy) is 1. The smallest absolute Gasteiger partial charge is 0.259 e. The summed E-state index contributed by atoms with van der Waals surface area (Å²) in [5.74, 6) is 0.767. The Labute approximate surface area is 243 Å². The molecule has 3 aromatic heterocycles. The van der Waals surface area contributed by atoms with Crippen molar-refractivity contribution in [3.8, 4) is 11.1 Å². The molecule has 0 aliphatic carbocycles. The molecule has 1 amide bonds. The van der Waals surface area contributed by atoms with Crippen LogP contribution in [0.5, 0.6) is 0 Å². The fourth-order valence-electron chi connectivity index (χ4n) is 5.69. The molecule has 212 valence electrons. The van der Waals surface area contributed by atoms with Gasteiger partial charge in [0.15, 0.2) is 0 Å². The van der Waals surface area contributed by atoms with Crippen LogP contribution in [0, 0.1) is 5.92 Å². The molecule has 2 aliphatic rings. The molecule has 2 fully saturated rings. The molecule has 0 spiro atoms. The summed E-state index contributed by atoms with van der Waals surface area (Å²) in [5.41, 5.74) is 3.32. The third-order valence-corrected chi connectivity index (χ3v) is 8.95. The lowest BCUT2D eigenvalue weighted by Crippen LogP contribution is -2.37. The molecule has 0 saturated carbocycles. The number of anilines is 2. The summed E-state index contributed by atoms with van der Waals surface area (Å²) in [7, 11) is 0. The van der Waals surface area contributed by atoms with Gasteiger partial charge in [-0.15, -0.1) is 11.3 Å². The van der Waals surface area contributed by atoms with Crippen LogP contribution in [0.2, 0.25) is 0 Å². The Morgan fingerprint density at radius 1 is 1.05 bits per heavy atom. The van der Waals surface area contributed by atoms with Crippen LogP contribution >= 0.6 is 11.3 Å². The fourth-order valence-corrected chi connectivity index (χ4v) is 6.90. The number of aromatic nitrogens is 2. The predicted octanol–water partition coefficient (Wildman–Crippen LogP) is 5.53. The first kappa shape index (κ1) is 27.4. The minimum atomic E-state index is -0.0968. The summed E-state index contributed by atoms with van der Waals surface area (Å²) in [4.78, 5) is 33.0. The number of pyridine rings is 1. The van der Waals surface area contributed by atoms with Crippen molar-refractivity contribution in [1.29, 1.82) is 0 Å². The highest BCUT2D eigenvalue weighted by atomic mass is 32.1. The number of carbonyl (C=O) groups excluding carboxylic acids is 1. The molecule has 0 radical (unpaired) electrons. The van der Waals surface area contributed by atoms with Crippen molar-refractivity contribution in [3.05, 3.63) is 71.1 Å². The van der Waals surface area contributed by atoms with E-state index in [1.165, 1.54) is 0 Å². The van der Waals surface area contributed by atoms with Gasteiger partial charge >= 0.3 is 0 Å². The number of benzene rings is 2. The van der Waals surface area contributed by atoms with Gasteiger partial charge in [0.25, 0.3) is 5.56 Å². The molecule has 1 atom stereocenters. The van der Waals surface area contributed by atoms with Crippen LogP contribution in [-0.2, 0) is 9.53 Å². The highest BCUT2D eigenvalue weighted by molar-refractivity contribution is 7.26. The van der Waals surface area contributed by atoms with E-state index in [4.69, 9.17) is 9.72 Å². The topological polar surface area (TPSA) is 88.0 Å². The minimum absolute atomic E-state index is 0.00453. The number of amides is 1. The Bertz CT molecular complexity index is 1770. The van der Waals surface area contributed by atoms with E-state index < -0.39 is 0 Å². The van der Waals surface area contributed by atoms with E-state index in [1.807, 2.05) is 32.0 Å². The highest BCUT2D eigenvalue weighted by Gasteiger charge is 2.22. The van der Waals surface area contributed by atoms with Crippen molar-refractivity contribution >= 4 is 54.6 Å². The Kier molecular flexibility index (Phi) is 8.00. The van der Waals surface area contributed by atoms with Crippen LogP contribution in [0.1, 0.15) is 26.7 Å². The van der Waals surface area contributed by atoms with Crippen LogP contribution < -0.4 is 21.1 Å². The molecular weight excluding hydrogens is 534 g/mol. The van der Waals surface area contributed by atoms with Gasteiger partial charge in [-0.25, -0.2) is 4.98 Å². The normalized spacial score (nSPS) is 17.4. The third-order valence-electron chi connectivity index (χ3n) is 7.73. The minimum Gasteiger partial charge on any atom is -0.378 e. The molecule has 5 aromatic rings. The number of rotatable bonds is 4. The SMILES string of the molecule is CC.O=C(Nc1ccc2sc3c(-c4cccn5c(=O)cc(N6CCOCC6)nc45)cccc3c2c1)[C@@H]1CCCNC1. The van der Waals surface area contributed by atoms with Gasteiger partial charge in [0, 0.05) is 68.9 Å². The lowest BCUT2D eigenvalue weighted by molar-refractivity contribution is -0.120. The number of carbonyl (C=O) groups is 1. The van der Waals surface area contributed by atoms with E-state index in [9.17, 15) is 9.59 Å². The van der Waals surface area contributed by atoms with Crippen molar-refractivity contribution in [3.63, 3.8) is 0 Å².